The van der Waals surface area contributed by atoms with E-state index in [1.54, 1.807) is 0 Å². The van der Waals surface area contributed by atoms with Gasteiger partial charge in [0.2, 0.25) is 5.91 Å². The van der Waals surface area contributed by atoms with Crippen molar-refractivity contribution >= 4 is 5.91 Å². The number of amides is 1. The first-order valence-corrected chi connectivity index (χ1v) is 7.30. The molecule has 19 heavy (non-hydrogen) atoms. The van der Waals surface area contributed by atoms with Gasteiger partial charge in [0.15, 0.2) is 0 Å². The summed E-state index contributed by atoms with van der Waals surface area (Å²) < 4.78 is 0. The topological polar surface area (TPSA) is 41.1 Å². The van der Waals surface area contributed by atoms with Crippen molar-refractivity contribution in [2.45, 2.75) is 38.6 Å². The lowest BCUT2D eigenvalue weighted by atomic mass is 9.90. The minimum atomic E-state index is -0.0300. The zero-order valence-electron chi connectivity index (χ0n) is 11.5. The normalized spacial score (nSPS) is 23.5. The Balaban J connectivity index is 1.67. The van der Waals surface area contributed by atoms with Gasteiger partial charge in [0.1, 0.15) is 0 Å². The third-order valence-corrected chi connectivity index (χ3v) is 4.76. The molecule has 1 aromatic rings. The van der Waals surface area contributed by atoms with Crippen LogP contribution in [0.1, 0.15) is 43.2 Å². The second kappa shape index (κ2) is 4.97. The molecular formula is C16H22N2O. The molecule has 3 rings (SSSR count). The van der Waals surface area contributed by atoms with E-state index in [1.807, 2.05) is 12.1 Å². The van der Waals surface area contributed by atoms with E-state index in [2.05, 4.69) is 29.7 Å². The maximum Gasteiger partial charge on any atom is 0.228 e. The van der Waals surface area contributed by atoms with Crippen LogP contribution in [0.5, 0.6) is 0 Å². The number of benzene rings is 1. The monoisotopic (exact) mass is 258 g/mol. The lowest BCUT2D eigenvalue weighted by Gasteiger charge is -2.26. The largest absolute Gasteiger partial charge is 0.355 e. The molecule has 3 nitrogen and oxygen atoms in total. The summed E-state index contributed by atoms with van der Waals surface area (Å²) in [4.78, 5) is 12.4. The molecule has 1 fully saturated rings. The standard InChI is InChI=1S/C16H22N2O/c1-2-16(7-8-16)11-18-15(19)14-10-17-9-12-5-3-4-6-13(12)14/h3-6,14,17H,2,7-11H2,1H3,(H,18,19). The van der Waals surface area contributed by atoms with Crippen LogP contribution < -0.4 is 10.6 Å². The molecule has 102 valence electrons. The van der Waals surface area contributed by atoms with Crippen molar-refractivity contribution in [3.05, 3.63) is 35.4 Å². The van der Waals surface area contributed by atoms with Crippen molar-refractivity contribution in [1.29, 1.82) is 0 Å². The Bertz CT molecular complexity index is 479. The first kappa shape index (κ1) is 12.7. The van der Waals surface area contributed by atoms with Crippen molar-refractivity contribution in [2.75, 3.05) is 13.1 Å². The van der Waals surface area contributed by atoms with Gasteiger partial charge in [0.25, 0.3) is 0 Å². The summed E-state index contributed by atoms with van der Waals surface area (Å²) in [5.74, 6) is 0.150. The second-order valence-electron chi connectivity index (χ2n) is 5.95. The number of rotatable bonds is 4. The highest BCUT2D eigenvalue weighted by Gasteiger charge is 2.41. The number of carbonyl (C=O) groups excluding carboxylic acids is 1. The third kappa shape index (κ3) is 2.52. The Morgan fingerprint density at radius 1 is 1.42 bits per heavy atom. The van der Waals surface area contributed by atoms with Gasteiger partial charge >= 0.3 is 0 Å². The summed E-state index contributed by atoms with van der Waals surface area (Å²) in [5, 5.41) is 6.51. The summed E-state index contributed by atoms with van der Waals surface area (Å²) in [7, 11) is 0. The highest BCUT2D eigenvalue weighted by atomic mass is 16.1. The molecule has 0 bridgehead atoms. The van der Waals surface area contributed by atoms with E-state index < -0.39 is 0 Å². The molecule has 0 saturated heterocycles. The fourth-order valence-electron chi connectivity index (χ4n) is 2.96. The highest BCUT2D eigenvalue weighted by Crippen LogP contribution is 2.47. The Morgan fingerprint density at radius 3 is 2.95 bits per heavy atom. The quantitative estimate of drug-likeness (QED) is 0.869. The molecule has 0 aromatic heterocycles. The molecule has 1 atom stereocenters. The SMILES string of the molecule is CCC1(CNC(=O)C2CNCc3ccccc32)CC1. The van der Waals surface area contributed by atoms with Gasteiger partial charge < -0.3 is 10.6 Å². The molecule has 2 aliphatic rings. The highest BCUT2D eigenvalue weighted by molar-refractivity contribution is 5.84. The van der Waals surface area contributed by atoms with Gasteiger partial charge in [-0.05, 0) is 35.8 Å². The van der Waals surface area contributed by atoms with Gasteiger partial charge in [-0.2, -0.15) is 0 Å². The summed E-state index contributed by atoms with van der Waals surface area (Å²) in [5.41, 5.74) is 2.86. The van der Waals surface area contributed by atoms with E-state index in [9.17, 15) is 4.79 Å². The Hall–Kier alpha value is -1.35. The molecule has 0 radical (unpaired) electrons. The van der Waals surface area contributed by atoms with Crippen LogP contribution in [0.25, 0.3) is 0 Å². The summed E-state index contributed by atoms with van der Waals surface area (Å²) in [6.45, 7) is 4.69. The first-order chi connectivity index (χ1) is 9.24. The molecule has 1 amide bonds. The Morgan fingerprint density at radius 2 is 2.21 bits per heavy atom. The molecule has 1 aliphatic heterocycles. The maximum absolute atomic E-state index is 12.4. The van der Waals surface area contributed by atoms with Crippen LogP contribution in [-0.4, -0.2) is 19.0 Å². The lowest BCUT2D eigenvalue weighted by molar-refractivity contribution is -0.122. The minimum Gasteiger partial charge on any atom is -0.355 e. The summed E-state index contributed by atoms with van der Waals surface area (Å²) >= 11 is 0. The predicted molar refractivity (Wildman–Crippen MR) is 75.9 cm³/mol. The fourth-order valence-corrected chi connectivity index (χ4v) is 2.96. The zero-order chi connectivity index (χ0) is 13.3. The van der Waals surface area contributed by atoms with E-state index >= 15 is 0 Å². The van der Waals surface area contributed by atoms with Crippen LogP contribution in [0.15, 0.2) is 24.3 Å². The molecule has 2 N–H and O–H groups in total. The van der Waals surface area contributed by atoms with Crippen LogP contribution >= 0.6 is 0 Å². The number of carbonyl (C=O) groups is 1. The van der Waals surface area contributed by atoms with E-state index in [-0.39, 0.29) is 11.8 Å². The molecule has 0 spiro atoms. The van der Waals surface area contributed by atoms with Crippen molar-refractivity contribution in [3.8, 4) is 0 Å². The van der Waals surface area contributed by atoms with Gasteiger partial charge in [0.05, 0.1) is 5.92 Å². The molecular weight excluding hydrogens is 236 g/mol. The van der Waals surface area contributed by atoms with Crippen molar-refractivity contribution in [3.63, 3.8) is 0 Å². The van der Waals surface area contributed by atoms with E-state index in [1.165, 1.54) is 30.4 Å². The van der Waals surface area contributed by atoms with Gasteiger partial charge in [0, 0.05) is 19.6 Å². The minimum absolute atomic E-state index is 0.0300. The average molecular weight is 258 g/mol. The first-order valence-electron chi connectivity index (χ1n) is 7.30. The van der Waals surface area contributed by atoms with Crippen molar-refractivity contribution in [2.24, 2.45) is 5.41 Å². The van der Waals surface area contributed by atoms with Crippen LogP contribution in [-0.2, 0) is 11.3 Å². The number of hydrogen-bond donors (Lipinski definition) is 2. The fraction of sp³-hybridized carbons (Fsp3) is 0.562. The summed E-state index contributed by atoms with van der Waals surface area (Å²) in [6.07, 6.45) is 3.71. The molecule has 1 aliphatic carbocycles. The number of hydrogen-bond acceptors (Lipinski definition) is 2. The third-order valence-electron chi connectivity index (χ3n) is 4.76. The average Bonchev–Trinajstić information content (AvgIpc) is 3.25. The number of fused-ring (bicyclic) bond motifs is 1. The van der Waals surface area contributed by atoms with E-state index in [4.69, 9.17) is 0 Å². The Kier molecular flexibility index (Phi) is 3.31. The predicted octanol–water partition coefficient (Wildman–Crippen LogP) is 2.18. The molecule has 1 unspecified atom stereocenters. The lowest BCUT2D eigenvalue weighted by Crippen LogP contribution is -2.40. The summed E-state index contributed by atoms with van der Waals surface area (Å²) in [6, 6.07) is 8.26. The smallest absolute Gasteiger partial charge is 0.228 e. The Labute approximate surface area is 114 Å². The van der Waals surface area contributed by atoms with Gasteiger partial charge in [-0.3, -0.25) is 4.79 Å². The van der Waals surface area contributed by atoms with Crippen LogP contribution in [0.3, 0.4) is 0 Å². The van der Waals surface area contributed by atoms with Crippen molar-refractivity contribution in [1.82, 2.24) is 10.6 Å². The molecule has 3 heteroatoms. The van der Waals surface area contributed by atoms with Crippen LogP contribution in [0.2, 0.25) is 0 Å². The van der Waals surface area contributed by atoms with Gasteiger partial charge in [-0.25, -0.2) is 0 Å². The maximum atomic E-state index is 12.4. The van der Waals surface area contributed by atoms with E-state index in [0.29, 0.717) is 5.41 Å². The van der Waals surface area contributed by atoms with Gasteiger partial charge in [-0.1, -0.05) is 31.2 Å². The second-order valence-corrected chi connectivity index (χ2v) is 5.95. The molecule has 1 saturated carbocycles. The van der Waals surface area contributed by atoms with Crippen molar-refractivity contribution < 1.29 is 4.79 Å². The van der Waals surface area contributed by atoms with Gasteiger partial charge in [-0.15, -0.1) is 0 Å². The zero-order valence-corrected chi connectivity index (χ0v) is 11.5. The van der Waals surface area contributed by atoms with E-state index in [0.717, 1.165) is 19.6 Å². The van der Waals surface area contributed by atoms with Crippen LogP contribution in [0.4, 0.5) is 0 Å². The van der Waals surface area contributed by atoms with Crippen LogP contribution in [0, 0.1) is 5.41 Å². The molecule has 1 aromatic carbocycles. The molecule has 1 heterocycles. The number of nitrogens with one attached hydrogen (secondary N) is 2.